The van der Waals surface area contributed by atoms with Gasteiger partial charge in [-0.05, 0) is 37.5 Å². The zero-order valence-corrected chi connectivity index (χ0v) is 19.5. The number of rotatable bonds is 12. The van der Waals surface area contributed by atoms with Crippen LogP contribution in [0.5, 0.6) is 0 Å². The summed E-state index contributed by atoms with van der Waals surface area (Å²) in [6.45, 7) is 8.39. The number of hydrogen-bond acceptors (Lipinski definition) is 5. The van der Waals surface area contributed by atoms with Gasteiger partial charge < -0.3 is 0 Å². The highest BCUT2D eigenvalue weighted by Crippen LogP contribution is 2.22. The smallest absolute Gasteiger partial charge is 0.243 e. The van der Waals surface area contributed by atoms with E-state index in [0.29, 0.717) is 23.7 Å². The van der Waals surface area contributed by atoms with Crippen molar-refractivity contribution in [2.24, 2.45) is 0 Å². The molecule has 7 heteroatoms. The van der Waals surface area contributed by atoms with Crippen LogP contribution in [0.3, 0.4) is 0 Å². The lowest BCUT2D eigenvalue weighted by Gasteiger charge is -2.30. The number of nitrogens with zero attached hydrogens (tertiary/aromatic N) is 2. The van der Waals surface area contributed by atoms with E-state index in [-0.39, 0.29) is 11.2 Å². The van der Waals surface area contributed by atoms with E-state index in [1.54, 1.807) is 16.4 Å². The maximum absolute atomic E-state index is 13.4. The van der Waals surface area contributed by atoms with Crippen molar-refractivity contribution in [1.29, 1.82) is 0 Å². The number of thioether (sulfide) groups is 1. The Balaban J connectivity index is 2.13. The maximum Gasteiger partial charge on any atom is 0.243 e. The second-order valence-electron chi connectivity index (χ2n) is 7.60. The quantitative estimate of drug-likeness (QED) is 0.365. The molecule has 0 saturated carbocycles. The molecule has 0 fully saturated rings. The molecule has 1 unspecified atom stereocenters. The second-order valence-corrected chi connectivity index (χ2v) is 10.7. The van der Waals surface area contributed by atoms with Crippen LogP contribution in [-0.4, -0.2) is 60.7 Å². The molecular weight excluding hydrogens is 404 g/mol. The van der Waals surface area contributed by atoms with Crippen molar-refractivity contribution in [3.05, 3.63) is 42.0 Å². The Kier molecular flexibility index (Phi) is 9.89. The van der Waals surface area contributed by atoms with Gasteiger partial charge in [0.2, 0.25) is 10.0 Å². The van der Waals surface area contributed by atoms with Gasteiger partial charge in [0.25, 0.3) is 0 Å². The Labute approximate surface area is 180 Å². The van der Waals surface area contributed by atoms with Gasteiger partial charge >= 0.3 is 0 Å². The lowest BCUT2D eigenvalue weighted by molar-refractivity contribution is -0.109. The van der Waals surface area contributed by atoms with Crippen LogP contribution in [0, 0.1) is 0 Å². The first-order chi connectivity index (χ1) is 13.8. The van der Waals surface area contributed by atoms with E-state index in [0.717, 1.165) is 25.9 Å². The van der Waals surface area contributed by atoms with Gasteiger partial charge in [0.1, 0.15) is 0 Å². The first-order valence-electron chi connectivity index (χ1n) is 10.5. The van der Waals surface area contributed by atoms with E-state index in [1.807, 2.05) is 19.1 Å². The molecule has 0 radical (unpaired) electrons. The van der Waals surface area contributed by atoms with E-state index in [9.17, 15) is 13.2 Å². The molecule has 2 rings (SSSR count). The number of sulfonamides is 1. The lowest BCUT2D eigenvalue weighted by atomic mass is 10.1. The highest BCUT2D eigenvalue weighted by molar-refractivity contribution is 8.13. The molecule has 1 aliphatic heterocycles. The maximum atomic E-state index is 13.4. The lowest BCUT2D eigenvalue weighted by Crippen LogP contribution is -2.44. The van der Waals surface area contributed by atoms with E-state index < -0.39 is 10.0 Å². The molecule has 1 aromatic rings. The van der Waals surface area contributed by atoms with Crippen molar-refractivity contribution in [2.45, 2.75) is 57.4 Å². The SMILES string of the molecule is CCCCCc1ccc(S(=O)(=O)N(CCN2CC=CC2)C(C)CSC(C)=O)cc1. The average molecular weight is 439 g/mol. The van der Waals surface area contributed by atoms with Gasteiger partial charge in [-0.1, -0.05) is 55.8 Å². The van der Waals surface area contributed by atoms with Crippen molar-refractivity contribution >= 4 is 26.9 Å². The van der Waals surface area contributed by atoms with Crippen LogP contribution in [0.1, 0.15) is 45.6 Å². The van der Waals surface area contributed by atoms with Crippen molar-refractivity contribution < 1.29 is 13.2 Å². The summed E-state index contributed by atoms with van der Waals surface area (Å²) in [5, 5.41) is 0.00868. The standard InChI is InChI=1S/C22H34N2O3S2/c1-4-5-6-9-21-10-12-22(13-11-21)29(26,27)24(19(2)18-28-20(3)25)17-16-23-14-7-8-15-23/h7-8,10-13,19H,4-6,9,14-18H2,1-3H3. The molecule has 1 atom stereocenters. The minimum Gasteiger partial charge on any atom is -0.295 e. The monoisotopic (exact) mass is 438 g/mol. The summed E-state index contributed by atoms with van der Waals surface area (Å²) >= 11 is 1.18. The Morgan fingerprint density at radius 3 is 2.41 bits per heavy atom. The fraction of sp³-hybridized carbons (Fsp3) is 0.591. The average Bonchev–Trinajstić information content (AvgIpc) is 3.20. The number of unbranched alkanes of at least 4 members (excludes halogenated alkanes) is 2. The predicted octanol–water partition coefficient (Wildman–Crippen LogP) is 3.95. The van der Waals surface area contributed by atoms with Gasteiger partial charge in [-0.2, -0.15) is 4.31 Å². The molecule has 0 N–H and O–H groups in total. The molecule has 5 nitrogen and oxygen atoms in total. The molecule has 1 aromatic carbocycles. The summed E-state index contributed by atoms with van der Waals surface area (Å²) in [6, 6.07) is 7.06. The fourth-order valence-electron chi connectivity index (χ4n) is 3.39. The van der Waals surface area contributed by atoms with Gasteiger partial charge in [-0.3, -0.25) is 9.69 Å². The first-order valence-corrected chi connectivity index (χ1v) is 12.9. The van der Waals surface area contributed by atoms with Crippen LogP contribution < -0.4 is 0 Å². The third kappa shape index (κ3) is 7.55. The molecule has 0 saturated heterocycles. The van der Waals surface area contributed by atoms with Crippen LogP contribution in [0.15, 0.2) is 41.3 Å². The van der Waals surface area contributed by atoms with Crippen LogP contribution in [0.2, 0.25) is 0 Å². The number of carbonyl (C=O) groups excluding carboxylic acids is 1. The molecule has 0 bridgehead atoms. The summed E-state index contributed by atoms with van der Waals surface area (Å²) < 4.78 is 28.3. The Hall–Kier alpha value is -1.15. The molecular formula is C22H34N2O3S2. The van der Waals surface area contributed by atoms with Crippen molar-refractivity contribution in [1.82, 2.24) is 9.21 Å². The van der Waals surface area contributed by atoms with E-state index >= 15 is 0 Å². The largest absolute Gasteiger partial charge is 0.295 e. The van der Waals surface area contributed by atoms with E-state index in [4.69, 9.17) is 0 Å². The topological polar surface area (TPSA) is 57.7 Å². The third-order valence-electron chi connectivity index (χ3n) is 5.15. The molecule has 1 aliphatic rings. The summed E-state index contributed by atoms with van der Waals surface area (Å²) in [7, 11) is -3.62. The molecule has 162 valence electrons. The molecule has 0 aliphatic carbocycles. The van der Waals surface area contributed by atoms with E-state index in [1.165, 1.54) is 37.1 Å². The Morgan fingerprint density at radius 1 is 1.17 bits per heavy atom. The van der Waals surface area contributed by atoms with Crippen molar-refractivity contribution in [3.8, 4) is 0 Å². The Bertz CT molecular complexity index is 768. The van der Waals surface area contributed by atoms with Crippen LogP contribution >= 0.6 is 11.8 Å². The third-order valence-corrected chi connectivity index (χ3v) is 8.23. The summed E-state index contributed by atoms with van der Waals surface area (Å²) in [6.07, 6.45) is 8.66. The summed E-state index contributed by atoms with van der Waals surface area (Å²) in [4.78, 5) is 13.9. The van der Waals surface area contributed by atoms with Crippen LogP contribution in [0.4, 0.5) is 0 Å². The second kappa shape index (κ2) is 11.9. The van der Waals surface area contributed by atoms with Gasteiger partial charge in [0.05, 0.1) is 4.90 Å². The molecule has 0 aromatic heterocycles. The zero-order chi connectivity index (χ0) is 21.3. The molecule has 0 amide bonds. The van der Waals surface area contributed by atoms with Gasteiger partial charge in [-0.15, -0.1) is 0 Å². The highest BCUT2D eigenvalue weighted by Gasteiger charge is 2.29. The van der Waals surface area contributed by atoms with Crippen LogP contribution in [-0.2, 0) is 21.2 Å². The van der Waals surface area contributed by atoms with Gasteiger partial charge in [-0.25, -0.2) is 8.42 Å². The minimum absolute atomic E-state index is 0.00868. The van der Waals surface area contributed by atoms with Gasteiger partial charge in [0.15, 0.2) is 5.12 Å². The van der Waals surface area contributed by atoms with Crippen molar-refractivity contribution in [3.63, 3.8) is 0 Å². The first kappa shape index (κ1) is 24.1. The molecule has 29 heavy (non-hydrogen) atoms. The van der Waals surface area contributed by atoms with Gasteiger partial charge in [0, 0.05) is 44.9 Å². The summed E-state index contributed by atoms with van der Waals surface area (Å²) in [5.41, 5.74) is 1.17. The fourth-order valence-corrected chi connectivity index (χ4v) is 5.76. The summed E-state index contributed by atoms with van der Waals surface area (Å²) in [5.74, 6) is 0.460. The minimum atomic E-state index is -3.62. The Morgan fingerprint density at radius 2 is 1.83 bits per heavy atom. The van der Waals surface area contributed by atoms with E-state index in [2.05, 4.69) is 24.0 Å². The molecule has 1 heterocycles. The number of hydrogen-bond donors (Lipinski definition) is 0. The van der Waals surface area contributed by atoms with Crippen molar-refractivity contribution in [2.75, 3.05) is 31.9 Å². The van der Waals surface area contributed by atoms with Crippen LogP contribution in [0.25, 0.3) is 0 Å². The number of carbonyl (C=O) groups is 1. The normalized spacial score (nSPS) is 15.9. The predicted molar refractivity (Wildman–Crippen MR) is 122 cm³/mol. The number of aryl methyl sites for hydroxylation is 1. The number of benzene rings is 1. The molecule has 0 spiro atoms. The highest BCUT2D eigenvalue weighted by atomic mass is 32.2. The zero-order valence-electron chi connectivity index (χ0n) is 17.8.